The lowest BCUT2D eigenvalue weighted by Crippen LogP contribution is -2.55. The number of rotatable bonds is 6. The molecule has 1 atom stereocenters. The van der Waals surface area contributed by atoms with Gasteiger partial charge in [0.15, 0.2) is 0 Å². The fourth-order valence-corrected chi connectivity index (χ4v) is 2.66. The first-order chi connectivity index (χ1) is 10.7. The molecular weight excluding hydrogens is 376 g/mol. The van der Waals surface area contributed by atoms with Crippen molar-refractivity contribution < 1.29 is 19.1 Å². The third-order valence-electron chi connectivity index (χ3n) is 3.07. The Hall–Kier alpha value is -0.980. The van der Waals surface area contributed by atoms with E-state index in [0.29, 0.717) is 0 Å². The zero-order valence-corrected chi connectivity index (χ0v) is 17.7. The van der Waals surface area contributed by atoms with Gasteiger partial charge in [-0.2, -0.15) is 0 Å². The molecule has 0 bridgehead atoms. The lowest BCUT2D eigenvalue weighted by Gasteiger charge is -2.32. The summed E-state index contributed by atoms with van der Waals surface area (Å²) < 4.78 is 10.6. The molecule has 142 valence electrons. The number of halogens is 1. The molecule has 0 fully saturated rings. The van der Waals surface area contributed by atoms with Gasteiger partial charge in [-0.1, -0.05) is 29.8 Å². The number of alkyl halides is 1. The fourth-order valence-electron chi connectivity index (χ4n) is 2.13. The van der Waals surface area contributed by atoms with Gasteiger partial charge in [-0.3, -0.25) is 0 Å². The molecule has 7 heteroatoms. The van der Waals surface area contributed by atoms with Crippen LogP contribution in [0, 0.1) is 11.8 Å². The van der Waals surface area contributed by atoms with E-state index in [1.165, 1.54) is 0 Å². The van der Waals surface area contributed by atoms with Crippen molar-refractivity contribution in [2.45, 2.75) is 79.2 Å². The van der Waals surface area contributed by atoms with Crippen LogP contribution in [-0.2, 0) is 9.47 Å². The van der Waals surface area contributed by atoms with Crippen LogP contribution in [0.3, 0.4) is 0 Å². The summed E-state index contributed by atoms with van der Waals surface area (Å²) in [5.74, 6) is 0.279. The highest BCUT2D eigenvalue weighted by molar-refractivity contribution is 9.09. The number of carbonyl (C=O) groups is 2. The first-order valence-electron chi connectivity index (χ1n) is 8.30. The molecule has 0 aromatic heterocycles. The van der Waals surface area contributed by atoms with Gasteiger partial charge in [0.05, 0.1) is 0 Å². The van der Waals surface area contributed by atoms with Crippen molar-refractivity contribution in [3.63, 3.8) is 0 Å². The molecular formula is C17H33BrN2O4. The molecule has 0 radical (unpaired) electrons. The molecule has 0 aliphatic carbocycles. The molecule has 0 rings (SSSR count). The normalized spacial score (nSPS) is 13.6. The number of hydrogen-bond donors (Lipinski definition) is 2. The molecule has 1 unspecified atom stereocenters. The van der Waals surface area contributed by atoms with E-state index in [0.717, 1.165) is 11.8 Å². The molecule has 0 aromatic rings. The molecule has 2 amide bonds. The molecule has 0 aromatic carbocycles. The minimum absolute atomic E-state index is 0.0319. The molecule has 0 saturated heterocycles. The smallest absolute Gasteiger partial charge is 0.409 e. The Bertz CT molecular complexity index is 384. The van der Waals surface area contributed by atoms with Crippen molar-refractivity contribution in [1.82, 2.24) is 10.6 Å². The van der Waals surface area contributed by atoms with Gasteiger partial charge in [0, 0.05) is 11.2 Å². The van der Waals surface area contributed by atoms with Crippen molar-refractivity contribution >= 4 is 28.1 Å². The van der Waals surface area contributed by atoms with Gasteiger partial charge in [-0.25, -0.2) is 9.59 Å². The molecule has 2 N–H and O–H groups in total. The van der Waals surface area contributed by atoms with E-state index in [-0.39, 0.29) is 11.8 Å². The topological polar surface area (TPSA) is 76.7 Å². The zero-order chi connectivity index (χ0) is 19.1. The van der Waals surface area contributed by atoms with Crippen molar-refractivity contribution in [3.8, 4) is 0 Å². The highest BCUT2D eigenvalue weighted by Gasteiger charge is 2.30. The number of nitrogens with one attached hydrogen (secondary N) is 2. The van der Waals surface area contributed by atoms with Crippen molar-refractivity contribution in [3.05, 3.63) is 0 Å². The number of carbonyl (C=O) groups excluding carboxylic acids is 2. The standard InChI is InChI=1S/C17H33BrN2O4/c1-11(2)12(9-10-18)13(19-14(21)23-16(3,4)5)20-15(22)24-17(6,7)8/h11-13H,9-10H2,1-8H3,(H,19,21)(H,20,22). The second-order valence-electron chi connectivity index (χ2n) is 8.16. The van der Waals surface area contributed by atoms with Crippen LogP contribution in [0.2, 0.25) is 0 Å². The van der Waals surface area contributed by atoms with Crippen LogP contribution in [0.5, 0.6) is 0 Å². The van der Waals surface area contributed by atoms with E-state index in [2.05, 4.69) is 26.6 Å². The SMILES string of the molecule is CC(C)C(CCBr)C(NC(=O)OC(C)(C)C)NC(=O)OC(C)(C)C. The molecule has 0 heterocycles. The predicted octanol–water partition coefficient (Wildman–Crippen LogP) is 4.42. The van der Waals surface area contributed by atoms with Gasteiger partial charge in [0.2, 0.25) is 0 Å². The quantitative estimate of drug-likeness (QED) is 0.503. The lowest BCUT2D eigenvalue weighted by atomic mass is 9.90. The highest BCUT2D eigenvalue weighted by atomic mass is 79.9. The summed E-state index contributed by atoms with van der Waals surface area (Å²) in [6, 6.07) is 0. The summed E-state index contributed by atoms with van der Waals surface area (Å²) in [6.45, 7) is 14.9. The maximum atomic E-state index is 12.1. The number of hydrogen-bond acceptors (Lipinski definition) is 4. The largest absolute Gasteiger partial charge is 0.444 e. The van der Waals surface area contributed by atoms with Crippen LogP contribution in [0.4, 0.5) is 9.59 Å². The van der Waals surface area contributed by atoms with Crippen molar-refractivity contribution in [1.29, 1.82) is 0 Å². The molecule has 0 aliphatic heterocycles. The summed E-state index contributed by atoms with van der Waals surface area (Å²) in [6.07, 6.45) is -0.923. The van der Waals surface area contributed by atoms with E-state index in [9.17, 15) is 9.59 Å². The summed E-state index contributed by atoms with van der Waals surface area (Å²) in [5, 5.41) is 6.29. The van der Waals surface area contributed by atoms with Crippen LogP contribution in [0.1, 0.15) is 61.8 Å². The molecule has 0 spiro atoms. The Morgan fingerprint density at radius 1 is 0.917 bits per heavy atom. The molecule has 6 nitrogen and oxygen atoms in total. The summed E-state index contributed by atoms with van der Waals surface area (Å²) >= 11 is 3.43. The summed E-state index contributed by atoms with van der Waals surface area (Å²) in [7, 11) is 0. The van der Waals surface area contributed by atoms with Crippen molar-refractivity contribution in [2.24, 2.45) is 11.8 Å². The van der Waals surface area contributed by atoms with Gasteiger partial charge in [-0.05, 0) is 53.9 Å². The first-order valence-corrected chi connectivity index (χ1v) is 9.42. The highest BCUT2D eigenvalue weighted by Crippen LogP contribution is 2.21. The second kappa shape index (κ2) is 9.49. The maximum Gasteiger partial charge on any atom is 0.409 e. The minimum Gasteiger partial charge on any atom is -0.444 e. The third kappa shape index (κ3) is 10.7. The van der Waals surface area contributed by atoms with Crippen molar-refractivity contribution in [2.75, 3.05) is 5.33 Å². The van der Waals surface area contributed by atoms with E-state index in [4.69, 9.17) is 9.47 Å². The van der Waals surface area contributed by atoms with E-state index in [1.54, 1.807) is 41.5 Å². The molecule has 24 heavy (non-hydrogen) atoms. The fraction of sp³-hybridized carbons (Fsp3) is 0.882. The van der Waals surface area contributed by atoms with E-state index < -0.39 is 29.6 Å². The average molecular weight is 409 g/mol. The summed E-state index contributed by atoms with van der Waals surface area (Å²) in [5.41, 5.74) is -1.22. The van der Waals surface area contributed by atoms with Gasteiger partial charge in [0.25, 0.3) is 0 Å². The third-order valence-corrected chi connectivity index (χ3v) is 3.53. The maximum absolute atomic E-state index is 12.1. The van der Waals surface area contributed by atoms with Gasteiger partial charge in [-0.15, -0.1) is 0 Å². The second-order valence-corrected chi connectivity index (χ2v) is 8.95. The van der Waals surface area contributed by atoms with Gasteiger partial charge >= 0.3 is 12.2 Å². The van der Waals surface area contributed by atoms with Gasteiger partial charge in [0.1, 0.15) is 17.4 Å². The Balaban J connectivity index is 5.13. The predicted molar refractivity (Wildman–Crippen MR) is 99.3 cm³/mol. The first kappa shape index (κ1) is 23.0. The van der Waals surface area contributed by atoms with Gasteiger partial charge < -0.3 is 20.1 Å². The van der Waals surface area contributed by atoms with Crippen LogP contribution in [0.15, 0.2) is 0 Å². The summed E-state index contributed by atoms with van der Waals surface area (Å²) in [4.78, 5) is 24.3. The zero-order valence-electron chi connectivity index (χ0n) is 16.2. The monoisotopic (exact) mass is 408 g/mol. The Morgan fingerprint density at radius 3 is 1.54 bits per heavy atom. The Labute approximate surface area is 154 Å². The van der Waals surface area contributed by atoms with Crippen LogP contribution < -0.4 is 10.6 Å². The number of alkyl carbamates (subject to hydrolysis) is 2. The van der Waals surface area contributed by atoms with Crippen LogP contribution >= 0.6 is 15.9 Å². The van der Waals surface area contributed by atoms with Crippen LogP contribution in [0.25, 0.3) is 0 Å². The van der Waals surface area contributed by atoms with Crippen LogP contribution in [-0.4, -0.2) is 34.9 Å². The Morgan fingerprint density at radius 2 is 1.29 bits per heavy atom. The number of ether oxygens (including phenoxy) is 2. The van der Waals surface area contributed by atoms with E-state index >= 15 is 0 Å². The minimum atomic E-state index is -0.608. The molecule has 0 aliphatic rings. The van der Waals surface area contributed by atoms with E-state index in [1.807, 2.05) is 13.8 Å². The number of amides is 2. The Kier molecular flexibility index (Phi) is 9.10. The molecule has 0 saturated carbocycles. The average Bonchev–Trinajstić information content (AvgIpc) is 2.29. The lowest BCUT2D eigenvalue weighted by molar-refractivity contribution is 0.0368.